The number of rotatable bonds is 7. The monoisotopic (exact) mass is 423 g/mol. The van der Waals surface area contributed by atoms with Gasteiger partial charge in [-0.2, -0.15) is 4.31 Å². The minimum atomic E-state index is -3.46. The van der Waals surface area contributed by atoms with Crippen LogP contribution >= 0.6 is 0 Å². The number of anilines is 1. The van der Waals surface area contributed by atoms with Crippen molar-refractivity contribution in [1.29, 1.82) is 0 Å². The van der Waals surface area contributed by atoms with Crippen molar-refractivity contribution in [1.82, 2.24) is 9.21 Å². The van der Waals surface area contributed by atoms with Crippen LogP contribution in [0.5, 0.6) is 0 Å². The Morgan fingerprint density at radius 2 is 1.66 bits per heavy atom. The maximum Gasteiger partial charge on any atom is 0.243 e. The van der Waals surface area contributed by atoms with Gasteiger partial charge in [-0.05, 0) is 56.9 Å². The first-order chi connectivity index (χ1) is 14.0. The van der Waals surface area contributed by atoms with Gasteiger partial charge < -0.3 is 10.1 Å². The lowest BCUT2D eigenvalue weighted by Gasteiger charge is -2.31. The molecule has 0 unspecified atom stereocenters. The number of hydrogen-bond donors (Lipinski definition) is 1. The fourth-order valence-electron chi connectivity index (χ4n) is 4.01. The molecule has 2 saturated heterocycles. The van der Waals surface area contributed by atoms with E-state index < -0.39 is 10.0 Å². The number of carbonyl (C=O) groups is 1. The molecule has 0 saturated carbocycles. The zero-order valence-corrected chi connectivity index (χ0v) is 18.1. The van der Waals surface area contributed by atoms with E-state index in [9.17, 15) is 13.2 Å². The number of benzene rings is 1. The minimum Gasteiger partial charge on any atom is -0.378 e. The molecule has 2 fully saturated rings. The number of piperidine rings is 1. The molecule has 7 nitrogen and oxygen atoms in total. The summed E-state index contributed by atoms with van der Waals surface area (Å²) in [5, 5.41) is 2.87. The fraction of sp³-hybridized carbons (Fsp3) is 0.667. The van der Waals surface area contributed by atoms with E-state index in [4.69, 9.17) is 4.74 Å². The van der Waals surface area contributed by atoms with Gasteiger partial charge in [0.15, 0.2) is 0 Å². The Bertz CT molecular complexity index is 751. The van der Waals surface area contributed by atoms with Gasteiger partial charge in [-0.25, -0.2) is 8.42 Å². The molecule has 1 amide bonds. The Morgan fingerprint density at radius 1 is 1.03 bits per heavy atom. The third-order valence-corrected chi connectivity index (χ3v) is 7.56. The Labute approximate surface area is 174 Å². The molecule has 1 aromatic rings. The van der Waals surface area contributed by atoms with Crippen molar-refractivity contribution in [3.8, 4) is 0 Å². The molecule has 0 aliphatic carbocycles. The summed E-state index contributed by atoms with van der Waals surface area (Å²) in [7, 11) is -3.46. The number of hydrogen-bond acceptors (Lipinski definition) is 5. The lowest BCUT2D eigenvalue weighted by molar-refractivity contribution is -0.118. The summed E-state index contributed by atoms with van der Waals surface area (Å²) in [4.78, 5) is 14.8. The van der Waals surface area contributed by atoms with Crippen molar-refractivity contribution < 1.29 is 17.9 Å². The zero-order valence-electron chi connectivity index (χ0n) is 17.3. The average Bonchev–Trinajstić information content (AvgIpc) is 3.00. The van der Waals surface area contributed by atoms with E-state index in [2.05, 4.69) is 10.2 Å². The standard InChI is InChI=1S/C21H33N3O4S/c1-2-28-19-11-15-23(16-12-19)17-21(25)22-18-7-9-20(10-8-18)29(26,27)24-13-5-3-4-6-14-24/h7-10,19H,2-6,11-17H2,1H3,(H,22,25). The van der Waals surface area contributed by atoms with Gasteiger partial charge in [-0.3, -0.25) is 9.69 Å². The largest absolute Gasteiger partial charge is 0.378 e. The average molecular weight is 424 g/mol. The van der Waals surface area contributed by atoms with Gasteiger partial charge in [0.25, 0.3) is 0 Å². The minimum absolute atomic E-state index is 0.0806. The van der Waals surface area contributed by atoms with Crippen molar-refractivity contribution in [2.75, 3.05) is 44.6 Å². The maximum absolute atomic E-state index is 12.8. The van der Waals surface area contributed by atoms with E-state index in [0.29, 0.717) is 31.4 Å². The van der Waals surface area contributed by atoms with Crippen LogP contribution in [-0.2, 0) is 19.6 Å². The molecule has 2 aliphatic rings. The Hall–Kier alpha value is -1.48. The summed E-state index contributed by atoms with van der Waals surface area (Å²) < 4.78 is 32.9. The van der Waals surface area contributed by atoms with Gasteiger partial charge >= 0.3 is 0 Å². The molecule has 1 N–H and O–H groups in total. The van der Waals surface area contributed by atoms with Crippen LogP contribution in [0.15, 0.2) is 29.2 Å². The van der Waals surface area contributed by atoms with Gasteiger partial charge in [0, 0.05) is 38.5 Å². The molecule has 8 heteroatoms. The number of ether oxygens (including phenoxy) is 1. The summed E-state index contributed by atoms with van der Waals surface area (Å²) in [6, 6.07) is 6.51. The molecule has 2 heterocycles. The summed E-state index contributed by atoms with van der Waals surface area (Å²) >= 11 is 0. The number of carbonyl (C=O) groups excluding carboxylic acids is 1. The summed E-state index contributed by atoms with van der Waals surface area (Å²) in [5.41, 5.74) is 0.619. The second-order valence-corrected chi connectivity index (χ2v) is 9.76. The van der Waals surface area contributed by atoms with Crippen molar-refractivity contribution in [3.05, 3.63) is 24.3 Å². The van der Waals surface area contributed by atoms with Crippen molar-refractivity contribution in [2.24, 2.45) is 0 Å². The van der Waals surface area contributed by atoms with Gasteiger partial charge in [0.05, 0.1) is 17.5 Å². The number of likely N-dealkylation sites (tertiary alicyclic amines) is 1. The molecular formula is C21H33N3O4S. The number of amides is 1. The lowest BCUT2D eigenvalue weighted by atomic mass is 10.1. The maximum atomic E-state index is 12.8. The third kappa shape index (κ3) is 6.25. The molecule has 29 heavy (non-hydrogen) atoms. The molecule has 0 bridgehead atoms. The van der Waals surface area contributed by atoms with Crippen molar-refractivity contribution >= 4 is 21.6 Å². The van der Waals surface area contributed by atoms with Crippen molar-refractivity contribution in [2.45, 2.75) is 56.4 Å². The van der Waals surface area contributed by atoms with Crippen molar-refractivity contribution in [3.63, 3.8) is 0 Å². The summed E-state index contributed by atoms with van der Waals surface area (Å²) in [5.74, 6) is -0.0806. The van der Waals surface area contributed by atoms with Crippen LogP contribution in [0.2, 0.25) is 0 Å². The lowest BCUT2D eigenvalue weighted by Crippen LogP contribution is -2.41. The van der Waals surface area contributed by atoms with Crippen LogP contribution in [0.1, 0.15) is 45.4 Å². The summed E-state index contributed by atoms with van der Waals surface area (Å²) in [6.45, 7) is 5.95. The molecule has 162 valence electrons. The summed E-state index contributed by atoms with van der Waals surface area (Å²) in [6.07, 6.45) is 6.19. The highest BCUT2D eigenvalue weighted by molar-refractivity contribution is 7.89. The van der Waals surface area contributed by atoms with Crippen LogP contribution in [-0.4, -0.2) is 69.0 Å². The van der Waals surface area contributed by atoms with E-state index in [1.165, 1.54) is 0 Å². The molecule has 0 atom stereocenters. The quantitative estimate of drug-likeness (QED) is 0.729. The normalized spacial score (nSPS) is 20.3. The topological polar surface area (TPSA) is 79.0 Å². The highest BCUT2D eigenvalue weighted by Gasteiger charge is 2.25. The SMILES string of the molecule is CCOC1CCN(CC(=O)Nc2ccc(S(=O)(=O)N3CCCCCC3)cc2)CC1. The molecule has 2 aliphatic heterocycles. The van der Waals surface area contributed by atoms with Crippen LogP contribution in [0.3, 0.4) is 0 Å². The van der Waals surface area contributed by atoms with E-state index in [-0.39, 0.29) is 10.8 Å². The van der Waals surface area contributed by atoms with Crippen LogP contribution < -0.4 is 5.32 Å². The van der Waals surface area contributed by atoms with Gasteiger partial charge in [0.2, 0.25) is 15.9 Å². The van der Waals surface area contributed by atoms with Gasteiger partial charge in [-0.1, -0.05) is 12.8 Å². The second kappa shape index (κ2) is 10.5. The van der Waals surface area contributed by atoms with E-state index in [1.54, 1.807) is 28.6 Å². The number of nitrogens with zero attached hydrogens (tertiary/aromatic N) is 2. The fourth-order valence-corrected chi connectivity index (χ4v) is 5.53. The smallest absolute Gasteiger partial charge is 0.243 e. The van der Waals surface area contributed by atoms with Gasteiger partial charge in [0.1, 0.15) is 0 Å². The first kappa shape index (κ1) is 22.2. The predicted octanol–water partition coefficient (Wildman–Crippen LogP) is 2.69. The van der Waals surface area contributed by atoms with Crippen LogP contribution in [0.25, 0.3) is 0 Å². The third-order valence-electron chi connectivity index (χ3n) is 5.65. The second-order valence-electron chi connectivity index (χ2n) is 7.82. The molecule has 0 radical (unpaired) electrons. The first-order valence-electron chi connectivity index (χ1n) is 10.7. The Balaban J connectivity index is 1.51. The van der Waals surface area contributed by atoms with Gasteiger partial charge in [-0.15, -0.1) is 0 Å². The predicted molar refractivity (Wildman–Crippen MR) is 113 cm³/mol. The highest BCUT2D eigenvalue weighted by atomic mass is 32.2. The molecule has 0 aromatic heterocycles. The number of sulfonamides is 1. The van der Waals surface area contributed by atoms with Crippen LogP contribution in [0, 0.1) is 0 Å². The molecule has 3 rings (SSSR count). The molecule has 1 aromatic carbocycles. The number of nitrogens with one attached hydrogen (secondary N) is 1. The van der Waals surface area contributed by atoms with E-state index in [0.717, 1.165) is 58.2 Å². The Kier molecular flexibility index (Phi) is 8.06. The molecular weight excluding hydrogens is 390 g/mol. The van der Waals surface area contributed by atoms with E-state index in [1.807, 2.05) is 6.92 Å². The Morgan fingerprint density at radius 3 is 2.24 bits per heavy atom. The van der Waals surface area contributed by atoms with Crippen LogP contribution in [0.4, 0.5) is 5.69 Å². The first-order valence-corrected chi connectivity index (χ1v) is 12.2. The van der Waals surface area contributed by atoms with E-state index >= 15 is 0 Å². The highest BCUT2D eigenvalue weighted by Crippen LogP contribution is 2.22. The molecule has 0 spiro atoms. The zero-order chi connectivity index (χ0) is 20.7.